The number of aryl methyl sites for hydroxylation is 1. The van der Waals surface area contributed by atoms with Crippen molar-refractivity contribution in [2.24, 2.45) is 5.92 Å². The summed E-state index contributed by atoms with van der Waals surface area (Å²) in [6.45, 7) is 5.70. The summed E-state index contributed by atoms with van der Waals surface area (Å²) in [4.78, 5) is 13.3. The zero-order valence-electron chi connectivity index (χ0n) is 10.4. The van der Waals surface area contributed by atoms with Gasteiger partial charge in [0.15, 0.2) is 0 Å². The fourth-order valence-corrected chi connectivity index (χ4v) is 2.65. The third-order valence-corrected chi connectivity index (χ3v) is 3.53. The lowest BCUT2D eigenvalue weighted by molar-refractivity contribution is -0.143. The van der Waals surface area contributed by atoms with Gasteiger partial charge in [0, 0.05) is 6.54 Å². The Balaban J connectivity index is 2.11. The van der Waals surface area contributed by atoms with E-state index in [0.29, 0.717) is 0 Å². The van der Waals surface area contributed by atoms with Crippen LogP contribution < -0.4 is 0 Å². The normalized spacial score (nSPS) is 25.1. The van der Waals surface area contributed by atoms with E-state index < -0.39 is 5.97 Å². The fourth-order valence-electron chi connectivity index (χ4n) is 2.65. The summed E-state index contributed by atoms with van der Waals surface area (Å²) in [5.41, 5.74) is 2.42. The molecule has 1 fully saturated rings. The largest absolute Gasteiger partial charge is 0.480 e. The van der Waals surface area contributed by atoms with E-state index in [9.17, 15) is 9.90 Å². The molecule has 0 bridgehead atoms. The number of aliphatic carboxylic acids is 1. The van der Waals surface area contributed by atoms with Gasteiger partial charge >= 0.3 is 5.97 Å². The Morgan fingerprint density at radius 3 is 2.94 bits per heavy atom. The molecule has 1 aromatic rings. The average molecular weight is 233 g/mol. The van der Waals surface area contributed by atoms with Crippen molar-refractivity contribution in [1.29, 1.82) is 0 Å². The summed E-state index contributed by atoms with van der Waals surface area (Å²) in [5, 5.41) is 9.25. The predicted octanol–water partition coefficient (Wildman–Crippen LogP) is 2.29. The summed E-state index contributed by atoms with van der Waals surface area (Å²) in [7, 11) is 0. The van der Waals surface area contributed by atoms with Crippen molar-refractivity contribution in [3.8, 4) is 0 Å². The number of nitrogens with zero attached hydrogens (tertiary/aromatic N) is 1. The van der Waals surface area contributed by atoms with Gasteiger partial charge in [-0.15, -0.1) is 0 Å². The highest BCUT2D eigenvalue weighted by molar-refractivity contribution is 5.74. The van der Waals surface area contributed by atoms with Gasteiger partial charge in [0.25, 0.3) is 0 Å². The SMILES string of the molecule is Cc1cccc(CN2CCC(C)C2C(=O)O)c1. The zero-order valence-corrected chi connectivity index (χ0v) is 10.4. The van der Waals surface area contributed by atoms with Gasteiger partial charge in [-0.05, 0) is 31.4 Å². The Morgan fingerprint density at radius 1 is 1.53 bits per heavy atom. The fraction of sp³-hybridized carbons (Fsp3) is 0.500. The molecule has 1 N–H and O–H groups in total. The number of carbonyl (C=O) groups is 1. The topological polar surface area (TPSA) is 40.5 Å². The summed E-state index contributed by atoms with van der Waals surface area (Å²) in [5.74, 6) is -0.444. The maximum absolute atomic E-state index is 11.2. The highest BCUT2D eigenvalue weighted by Gasteiger charge is 2.36. The monoisotopic (exact) mass is 233 g/mol. The number of hydrogen-bond acceptors (Lipinski definition) is 2. The van der Waals surface area contributed by atoms with Crippen molar-refractivity contribution >= 4 is 5.97 Å². The minimum absolute atomic E-state index is 0.248. The average Bonchev–Trinajstić information content (AvgIpc) is 2.59. The van der Waals surface area contributed by atoms with Crippen LogP contribution in [0, 0.1) is 12.8 Å². The van der Waals surface area contributed by atoms with Gasteiger partial charge in [0.05, 0.1) is 0 Å². The number of hydrogen-bond donors (Lipinski definition) is 1. The second-order valence-corrected chi connectivity index (χ2v) is 5.01. The standard InChI is InChI=1S/C14H19NO2/c1-10-4-3-5-12(8-10)9-15-7-6-11(2)13(15)14(16)17/h3-5,8,11,13H,6-7,9H2,1-2H3,(H,16,17). The molecule has 0 saturated carbocycles. The molecule has 1 aromatic carbocycles. The van der Waals surface area contributed by atoms with Crippen LogP contribution >= 0.6 is 0 Å². The second kappa shape index (κ2) is 4.88. The van der Waals surface area contributed by atoms with Crippen LogP contribution in [0.4, 0.5) is 0 Å². The van der Waals surface area contributed by atoms with Crippen LogP contribution in [-0.4, -0.2) is 28.6 Å². The molecule has 3 heteroatoms. The van der Waals surface area contributed by atoms with Crippen LogP contribution in [-0.2, 0) is 11.3 Å². The third kappa shape index (κ3) is 2.67. The van der Waals surface area contributed by atoms with Gasteiger partial charge in [-0.3, -0.25) is 9.69 Å². The molecule has 17 heavy (non-hydrogen) atoms. The van der Waals surface area contributed by atoms with Crippen LogP contribution in [0.25, 0.3) is 0 Å². The lowest BCUT2D eigenvalue weighted by atomic mass is 10.0. The van der Waals surface area contributed by atoms with Crippen LogP contribution in [0.15, 0.2) is 24.3 Å². The molecular formula is C14H19NO2. The lowest BCUT2D eigenvalue weighted by Gasteiger charge is -2.23. The summed E-state index contributed by atoms with van der Waals surface area (Å²) in [6, 6.07) is 7.96. The van der Waals surface area contributed by atoms with Crippen molar-refractivity contribution in [1.82, 2.24) is 4.90 Å². The Hall–Kier alpha value is -1.35. The van der Waals surface area contributed by atoms with E-state index in [1.807, 2.05) is 13.0 Å². The molecular weight excluding hydrogens is 214 g/mol. The van der Waals surface area contributed by atoms with Crippen molar-refractivity contribution in [2.75, 3.05) is 6.54 Å². The van der Waals surface area contributed by atoms with Crippen LogP contribution in [0.5, 0.6) is 0 Å². The van der Waals surface area contributed by atoms with E-state index in [1.165, 1.54) is 11.1 Å². The van der Waals surface area contributed by atoms with Crippen molar-refractivity contribution in [3.63, 3.8) is 0 Å². The predicted molar refractivity (Wildman–Crippen MR) is 66.8 cm³/mol. The number of rotatable bonds is 3. The first kappa shape index (κ1) is 12.1. The van der Waals surface area contributed by atoms with Gasteiger partial charge < -0.3 is 5.11 Å². The van der Waals surface area contributed by atoms with Gasteiger partial charge in [0.2, 0.25) is 0 Å². The third-order valence-electron chi connectivity index (χ3n) is 3.53. The first-order chi connectivity index (χ1) is 8.08. The summed E-state index contributed by atoms with van der Waals surface area (Å²) >= 11 is 0. The maximum Gasteiger partial charge on any atom is 0.321 e. The van der Waals surface area contributed by atoms with Gasteiger partial charge in [-0.2, -0.15) is 0 Å². The van der Waals surface area contributed by atoms with Gasteiger partial charge in [-0.25, -0.2) is 0 Å². The number of carboxylic acids is 1. The maximum atomic E-state index is 11.2. The number of likely N-dealkylation sites (tertiary alicyclic amines) is 1. The van der Waals surface area contributed by atoms with Gasteiger partial charge in [0.1, 0.15) is 6.04 Å². The van der Waals surface area contributed by atoms with E-state index in [1.54, 1.807) is 0 Å². The Morgan fingerprint density at radius 2 is 2.29 bits per heavy atom. The highest BCUT2D eigenvalue weighted by Crippen LogP contribution is 2.25. The van der Waals surface area contributed by atoms with E-state index in [2.05, 4.69) is 30.0 Å². The molecule has 0 spiro atoms. The lowest BCUT2D eigenvalue weighted by Crippen LogP contribution is -2.38. The highest BCUT2D eigenvalue weighted by atomic mass is 16.4. The van der Waals surface area contributed by atoms with E-state index in [4.69, 9.17) is 0 Å². The summed E-state index contributed by atoms with van der Waals surface area (Å²) in [6.07, 6.45) is 0.975. The minimum Gasteiger partial charge on any atom is -0.480 e. The van der Waals surface area contributed by atoms with E-state index in [0.717, 1.165) is 19.5 Å². The smallest absolute Gasteiger partial charge is 0.321 e. The molecule has 1 saturated heterocycles. The molecule has 92 valence electrons. The van der Waals surface area contributed by atoms with Crippen molar-refractivity contribution < 1.29 is 9.90 Å². The first-order valence-corrected chi connectivity index (χ1v) is 6.10. The van der Waals surface area contributed by atoms with Crippen LogP contribution in [0.3, 0.4) is 0 Å². The molecule has 2 atom stereocenters. The number of carboxylic acid groups (broad SMARTS) is 1. The molecule has 0 amide bonds. The first-order valence-electron chi connectivity index (χ1n) is 6.10. The van der Waals surface area contributed by atoms with E-state index >= 15 is 0 Å². The quantitative estimate of drug-likeness (QED) is 0.870. The Bertz CT molecular complexity index is 416. The summed E-state index contributed by atoms with van der Waals surface area (Å²) < 4.78 is 0. The zero-order chi connectivity index (χ0) is 12.4. The molecule has 2 rings (SSSR count). The molecule has 3 nitrogen and oxygen atoms in total. The van der Waals surface area contributed by atoms with Crippen LogP contribution in [0.1, 0.15) is 24.5 Å². The Kier molecular flexibility index (Phi) is 3.48. The van der Waals surface area contributed by atoms with Crippen LogP contribution in [0.2, 0.25) is 0 Å². The van der Waals surface area contributed by atoms with Crippen molar-refractivity contribution in [2.45, 2.75) is 32.9 Å². The van der Waals surface area contributed by atoms with Gasteiger partial charge in [-0.1, -0.05) is 36.8 Å². The second-order valence-electron chi connectivity index (χ2n) is 5.01. The van der Waals surface area contributed by atoms with E-state index in [-0.39, 0.29) is 12.0 Å². The molecule has 1 aliphatic heterocycles. The molecule has 0 aromatic heterocycles. The van der Waals surface area contributed by atoms with Crippen molar-refractivity contribution in [3.05, 3.63) is 35.4 Å². The number of benzene rings is 1. The minimum atomic E-state index is -0.692. The molecule has 2 unspecified atom stereocenters. The molecule has 1 aliphatic rings. The molecule has 1 heterocycles. The molecule has 0 radical (unpaired) electrons. The Labute approximate surface area is 102 Å². The molecule has 0 aliphatic carbocycles.